The Morgan fingerprint density at radius 2 is 2.26 bits per heavy atom. The van der Waals surface area contributed by atoms with Gasteiger partial charge in [0.2, 0.25) is 0 Å². The van der Waals surface area contributed by atoms with E-state index < -0.39 is 36.4 Å². The molecule has 19 heavy (non-hydrogen) atoms. The summed E-state index contributed by atoms with van der Waals surface area (Å²) in [4.78, 5) is 15.1. The standard InChI is InChI=1S/C10H12F2N4O3/c11-1-4-7(12)6(3-17)19-9(4)16-2-5(13)8(14)15-10(16)18/h1-2,6-7,9,17H,3,13H2,(H2,14,15,18). The van der Waals surface area contributed by atoms with Crippen LogP contribution in [0.4, 0.5) is 20.3 Å². The van der Waals surface area contributed by atoms with E-state index in [1.807, 2.05) is 0 Å². The summed E-state index contributed by atoms with van der Waals surface area (Å²) in [6.07, 6.45) is -3.36. The van der Waals surface area contributed by atoms with Crippen molar-refractivity contribution in [2.75, 3.05) is 18.1 Å². The molecule has 0 saturated carbocycles. The maximum Gasteiger partial charge on any atom is 0.352 e. The summed E-state index contributed by atoms with van der Waals surface area (Å²) in [7, 11) is 0. The molecule has 0 bridgehead atoms. The molecule has 0 radical (unpaired) electrons. The van der Waals surface area contributed by atoms with Gasteiger partial charge in [0.05, 0.1) is 18.6 Å². The third kappa shape index (κ3) is 2.17. The molecule has 1 aliphatic rings. The summed E-state index contributed by atoms with van der Waals surface area (Å²) in [5.74, 6) is -0.180. The van der Waals surface area contributed by atoms with E-state index in [4.69, 9.17) is 21.3 Å². The monoisotopic (exact) mass is 274 g/mol. The van der Waals surface area contributed by atoms with E-state index in [1.54, 1.807) is 0 Å². The normalized spacial score (nSPS) is 29.0. The number of halogens is 2. The fourth-order valence-corrected chi connectivity index (χ4v) is 1.80. The lowest BCUT2D eigenvalue weighted by Crippen LogP contribution is -2.29. The Morgan fingerprint density at radius 3 is 2.84 bits per heavy atom. The van der Waals surface area contributed by atoms with Crippen molar-refractivity contribution < 1.29 is 18.6 Å². The van der Waals surface area contributed by atoms with E-state index in [2.05, 4.69) is 4.98 Å². The fraction of sp³-hybridized carbons (Fsp3) is 0.400. The Labute approximate surface area is 106 Å². The maximum atomic E-state index is 13.7. The summed E-state index contributed by atoms with van der Waals surface area (Å²) in [5.41, 5.74) is 9.52. The summed E-state index contributed by atoms with van der Waals surface area (Å²) in [6.45, 7) is -0.651. The Bertz CT molecular complexity index is 574. The van der Waals surface area contributed by atoms with Gasteiger partial charge in [0, 0.05) is 11.8 Å². The fourth-order valence-electron chi connectivity index (χ4n) is 1.80. The number of anilines is 2. The van der Waals surface area contributed by atoms with Crippen LogP contribution in [0.5, 0.6) is 0 Å². The molecule has 3 unspecified atom stereocenters. The number of nitrogens with two attached hydrogens (primary N) is 2. The highest BCUT2D eigenvalue weighted by molar-refractivity contribution is 5.55. The molecule has 1 aliphatic heterocycles. The highest BCUT2D eigenvalue weighted by Gasteiger charge is 2.41. The first kappa shape index (κ1) is 13.4. The molecule has 1 saturated heterocycles. The number of hydrogen-bond acceptors (Lipinski definition) is 6. The average Bonchev–Trinajstić information content (AvgIpc) is 2.70. The van der Waals surface area contributed by atoms with Gasteiger partial charge < -0.3 is 21.3 Å². The van der Waals surface area contributed by atoms with E-state index in [0.29, 0.717) is 0 Å². The first-order valence-corrected chi connectivity index (χ1v) is 5.34. The Balaban J connectivity index is 2.47. The molecule has 2 rings (SSSR count). The van der Waals surface area contributed by atoms with Gasteiger partial charge in [-0.2, -0.15) is 4.98 Å². The topological polar surface area (TPSA) is 116 Å². The van der Waals surface area contributed by atoms with E-state index in [0.717, 1.165) is 10.8 Å². The maximum absolute atomic E-state index is 13.7. The van der Waals surface area contributed by atoms with Gasteiger partial charge in [-0.1, -0.05) is 0 Å². The molecular formula is C10H12F2N4O3. The van der Waals surface area contributed by atoms with Crippen molar-refractivity contribution in [3.8, 4) is 0 Å². The number of rotatable bonds is 2. The van der Waals surface area contributed by atoms with Gasteiger partial charge in [-0.05, 0) is 0 Å². The third-order valence-electron chi connectivity index (χ3n) is 2.80. The Kier molecular flexibility index (Phi) is 3.49. The number of nitrogen functional groups attached to an aromatic ring is 2. The smallest absolute Gasteiger partial charge is 0.352 e. The predicted octanol–water partition coefficient (Wildman–Crippen LogP) is -0.511. The molecule has 1 aromatic rings. The second-order valence-electron chi connectivity index (χ2n) is 3.99. The van der Waals surface area contributed by atoms with Gasteiger partial charge in [0.1, 0.15) is 6.10 Å². The SMILES string of the molecule is Nc1cn(C2OC(CO)C(F)C2=CF)c(=O)nc1N. The first-order chi connectivity index (χ1) is 8.99. The van der Waals surface area contributed by atoms with Crippen LogP contribution >= 0.6 is 0 Å². The number of aromatic nitrogens is 2. The van der Waals surface area contributed by atoms with E-state index >= 15 is 0 Å². The number of hydrogen-bond donors (Lipinski definition) is 3. The van der Waals surface area contributed by atoms with Crippen LogP contribution in [0.3, 0.4) is 0 Å². The highest BCUT2D eigenvalue weighted by atomic mass is 19.1. The van der Waals surface area contributed by atoms with Crippen molar-refractivity contribution in [1.29, 1.82) is 0 Å². The Morgan fingerprint density at radius 1 is 1.58 bits per heavy atom. The molecule has 5 N–H and O–H groups in total. The number of alkyl halides is 1. The van der Waals surface area contributed by atoms with Gasteiger partial charge in [-0.3, -0.25) is 4.57 Å². The van der Waals surface area contributed by atoms with Gasteiger partial charge in [-0.15, -0.1) is 0 Å². The first-order valence-electron chi connectivity index (χ1n) is 5.34. The quantitative estimate of drug-likeness (QED) is 0.668. The van der Waals surface area contributed by atoms with Crippen LogP contribution in [0, 0.1) is 0 Å². The molecule has 9 heteroatoms. The van der Waals surface area contributed by atoms with Crippen molar-refractivity contribution in [3.63, 3.8) is 0 Å². The van der Waals surface area contributed by atoms with Gasteiger partial charge in [0.25, 0.3) is 0 Å². The third-order valence-corrected chi connectivity index (χ3v) is 2.80. The zero-order valence-corrected chi connectivity index (χ0v) is 9.66. The molecule has 0 spiro atoms. The largest absolute Gasteiger partial charge is 0.395 e. The van der Waals surface area contributed by atoms with Crippen LogP contribution in [0.15, 0.2) is 22.9 Å². The van der Waals surface area contributed by atoms with Gasteiger partial charge in [0.15, 0.2) is 18.2 Å². The summed E-state index contributed by atoms with van der Waals surface area (Å²) in [5, 5.41) is 8.92. The zero-order chi connectivity index (χ0) is 14.2. The lowest BCUT2D eigenvalue weighted by Gasteiger charge is -2.15. The molecule has 104 valence electrons. The van der Waals surface area contributed by atoms with Crippen LogP contribution < -0.4 is 17.2 Å². The lowest BCUT2D eigenvalue weighted by atomic mass is 10.1. The highest BCUT2D eigenvalue weighted by Crippen LogP contribution is 2.35. The molecule has 1 fully saturated rings. The molecular weight excluding hydrogens is 262 g/mol. The molecule has 3 atom stereocenters. The minimum atomic E-state index is -1.86. The minimum Gasteiger partial charge on any atom is -0.395 e. The Hall–Kier alpha value is -2.00. The molecule has 7 nitrogen and oxygen atoms in total. The van der Waals surface area contributed by atoms with Crippen LogP contribution in [-0.4, -0.2) is 33.5 Å². The van der Waals surface area contributed by atoms with E-state index in [9.17, 15) is 13.6 Å². The molecule has 1 aromatic heterocycles. The van der Waals surface area contributed by atoms with Crippen LogP contribution in [-0.2, 0) is 4.74 Å². The number of ether oxygens (including phenoxy) is 1. The molecule has 0 amide bonds. The molecule has 0 aromatic carbocycles. The molecule has 2 heterocycles. The van der Waals surface area contributed by atoms with E-state index in [1.165, 1.54) is 0 Å². The lowest BCUT2D eigenvalue weighted by molar-refractivity contribution is -0.0321. The van der Waals surface area contributed by atoms with Gasteiger partial charge >= 0.3 is 5.69 Å². The predicted molar refractivity (Wildman–Crippen MR) is 62.4 cm³/mol. The van der Waals surface area contributed by atoms with Crippen molar-refractivity contribution in [1.82, 2.24) is 9.55 Å². The average molecular weight is 274 g/mol. The van der Waals surface area contributed by atoms with Crippen LogP contribution in [0.1, 0.15) is 6.23 Å². The van der Waals surface area contributed by atoms with Crippen molar-refractivity contribution in [2.24, 2.45) is 0 Å². The minimum absolute atomic E-state index is 0.00395. The number of aliphatic hydroxyl groups is 1. The van der Waals surface area contributed by atoms with Crippen LogP contribution in [0.25, 0.3) is 0 Å². The second-order valence-corrected chi connectivity index (χ2v) is 3.99. The zero-order valence-electron chi connectivity index (χ0n) is 9.66. The molecule has 0 aliphatic carbocycles. The number of aliphatic hydroxyl groups excluding tert-OH is 1. The summed E-state index contributed by atoms with van der Waals surface area (Å²) < 4.78 is 32.4. The van der Waals surface area contributed by atoms with Crippen LogP contribution in [0.2, 0.25) is 0 Å². The van der Waals surface area contributed by atoms with Crippen molar-refractivity contribution in [3.05, 3.63) is 28.6 Å². The number of nitrogens with zero attached hydrogens (tertiary/aromatic N) is 2. The van der Waals surface area contributed by atoms with E-state index in [-0.39, 0.29) is 17.8 Å². The van der Waals surface area contributed by atoms with Crippen molar-refractivity contribution >= 4 is 11.5 Å². The second kappa shape index (κ2) is 4.94. The summed E-state index contributed by atoms with van der Waals surface area (Å²) >= 11 is 0. The summed E-state index contributed by atoms with van der Waals surface area (Å²) in [6, 6.07) is 0. The van der Waals surface area contributed by atoms with Crippen molar-refractivity contribution in [2.45, 2.75) is 18.5 Å². The van der Waals surface area contributed by atoms with Gasteiger partial charge in [-0.25, -0.2) is 13.6 Å².